The topological polar surface area (TPSA) is 104 Å². The zero-order valence-corrected chi connectivity index (χ0v) is 9.87. The lowest BCUT2D eigenvalue weighted by molar-refractivity contribution is 0.112. The van der Waals surface area contributed by atoms with Crippen LogP contribution in [-0.4, -0.2) is 21.2 Å². The number of aromatic hydroxyl groups is 1. The average molecular weight is 268 g/mol. The van der Waals surface area contributed by atoms with Crippen molar-refractivity contribution >= 4 is 24.9 Å². The Labute approximate surface area is 102 Å². The Balaban J connectivity index is 2.54. The van der Waals surface area contributed by atoms with E-state index >= 15 is 0 Å². The molecule has 94 valence electrons. The number of phosphoric ester groups is 1. The van der Waals surface area contributed by atoms with Crippen molar-refractivity contribution in [1.29, 1.82) is 0 Å². The molecule has 18 heavy (non-hydrogen) atoms. The van der Waals surface area contributed by atoms with Crippen molar-refractivity contribution in [2.24, 2.45) is 0 Å². The number of carbonyl (C=O) groups is 1. The van der Waals surface area contributed by atoms with Crippen LogP contribution in [0, 0.1) is 0 Å². The van der Waals surface area contributed by atoms with E-state index in [1.54, 1.807) is 6.07 Å². The Morgan fingerprint density at radius 2 is 1.89 bits per heavy atom. The van der Waals surface area contributed by atoms with E-state index in [2.05, 4.69) is 4.52 Å². The fourth-order valence-electron chi connectivity index (χ4n) is 1.60. The Morgan fingerprint density at radius 3 is 2.50 bits per heavy atom. The average Bonchev–Trinajstić information content (AvgIpc) is 2.27. The molecular weight excluding hydrogens is 259 g/mol. The number of hydrogen-bond acceptors (Lipinski definition) is 4. The molecule has 0 spiro atoms. The van der Waals surface area contributed by atoms with Gasteiger partial charge < -0.3 is 9.63 Å². The minimum absolute atomic E-state index is 0.0194. The number of benzene rings is 2. The highest BCUT2D eigenvalue weighted by Gasteiger charge is 2.16. The third kappa shape index (κ3) is 2.51. The van der Waals surface area contributed by atoms with Crippen molar-refractivity contribution < 1.29 is 28.8 Å². The highest BCUT2D eigenvalue weighted by molar-refractivity contribution is 7.46. The number of phosphoric acid groups is 1. The van der Waals surface area contributed by atoms with Crippen molar-refractivity contribution in [3.63, 3.8) is 0 Å². The van der Waals surface area contributed by atoms with E-state index in [9.17, 15) is 14.5 Å². The molecule has 0 saturated carbocycles. The molecule has 0 aliphatic carbocycles. The molecule has 6 nitrogen and oxygen atoms in total. The Morgan fingerprint density at radius 1 is 1.17 bits per heavy atom. The van der Waals surface area contributed by atoms with Gasteiger partial charge in [-0.1, -0.05) is 6.07 Å². The fourth-order valence-corrected chi connectivity index (χ4v) is 1.99. The van der Waals surface area contributed by atoms with Gasteiger partial charge in [0.05, 0.1) is 5.56 Å². The number of fused-ring (bicyclic) bond motifs is 1. The first-order valence-corrected chi connectivity index (χ1v) is 6.40. The molecule has 2 rings (SSSR count). The van der Waals surface area contributed by atoms with E-state index < -0.39 is 7.82 Å². The second kappa shape index (κ2) is 4.42. The molecular formula is C11H9O6P. The first-order valence-electron chi connectivity index (χ1n) is 4.87. The smallest absolute Gasteiger partial charge is 0.507 e. The van der Waals surface area contributed by atoms with Crippen LogP contribution in [-0.2, 0) is 4.57 Å². The van der Waals surface area contributed by atoms with Crippen LogP contribution in [0.1, 0.15) is 10.4 Å². The first-order chi connectivity index (χ1) is 8.40. The van der Waals surface area contributed by atoms with E-state index in [0.29, 0.717) is 17.1 Å². The SMILES string of the molecule is O=Cc1ccc2cc(OP(=O)(O)O)ccc2c1O. The van der Waals surface area contributed by atoms with E-state index in [1.165, 1.54) is 24.3 Å². The molecule has 0 aliphatic rings. The third-order valence-electron chi connectivity index (χ3n) is 2.35. The summed E-state index contributed by atoms with van der Waals surface area (Å²) >= 11 is 0. The zero-order valence-electron chi connectivity index (χ0n) is 8.98. The highest BCUT2D eigenvalue weighted by atomic mass is 31.2. The molecule has 0 amide bonds. The van der Waals surface area contributed by atoms with Gasteiger partial charge in [-0.05, 0) is 29.7 Å². The molecule has 0 atom stereocenters. The molecule has 7 heteroatoms. The van der Waals surface area contributed by atoms with Gasteiger partial charge in [0, 0.05) is 5.39 Å². The van der Waals surface area contributed by atoms with Gasteiger partial charge >= 0.3 is 7.82 Å². The number of carbonyl (C=O) groups excluding carboxylic acids is 1. The van der Waals surface area contributed by atoms with E-state index in [0.717, 1.165) is 0 Å². The second-order valence-electron chi connectivity index (χ2n) is 3.59. The van der Waals surface area contributed by atoms with Crippen molar-refractivity contribution in [1.82, 2.24) is 0 Å². The molecule has 0 radical (unpaired) electrons. The quantitative estimate of drug-likeness (QED) is 0.579. The summed E-state index contributed by atoms with van der Waals surface area (Å²) in [5.74, 6) is -0.195. The molecule has 0 fully saturated rings. The summed E-state index contributed by atoms with van der Waals surface area (Å²) in [5.41, 5.74) is 0.145. The normalized spacial score (nSPS) is 11.4. The lowest BCUT2D eigenvalue weighted by Gasteiger charge is -2.08. The maximum Gasteiger partial charge on any atom is 0.524 e. The van der Waals surface area contributed by atoms with Gasteiger partial charge in [-0.25, -0.2) is 4.57 Å². The van der Waals surface area contributed by atoms with Crippen LogP contribution in [0.2, 0.25) is 0 Å². The van der Waals surface area contributed by atoms with Gasteiger partial charge in [-0.15, -0.1) is 0 Å². The van der Waals surface area contributed by atoms with Gasteiger partial charge in [0.1, 0.15) is 11.5 Å². The second-order valence-corrected chi connectivity index (χ2v) is 4.75. The summed E-state index contributed by atoms with van der Waals surface area (Å²) in [6, 6.07) is 7.04. The lowest BCUT2D eigenvalue weighted by Crippen LogP contribution is -1.90. The van der Waals surface area contributed by atoms with Gasteiger partial charge in [0.15, 0.2) is 6.29 Å². The van der Waals surface area contributed by atoms with Gasteiger partial charge in [-0.3, -0.25) is 14.6 Å². The van der Waals surface area contributed by atoms with Crippen molar-refractivity contribution in [3.05, 3.63) is 35.9 Å². The molecule has 0 saturated heterocycles. The molecule has 0 unspecified atom stereocenters. The summed E-state index contributed by atoms with van der Waals surface area (Å²) in [5, 5.41) is 10.7. The standard InChI is InChI=1S/C11H9O6P/c12-6-8-2-1-7-5-9(17-18(14,15)16)3-4-10(7)11(8)13/h1-6,13H,(H2,14,15,16). The minimum Gasteiger partial charge on any atom is -0.507 e. The number of aldehydes is 1. The molecule has 2 aromatic carbocycles. The van der Waals surface area contributed by atoms with E-state index in [-0.39, 0.29) is 17.1 Å². The Hall–Kier alpha value is -1.88. The lowest BCUT2D eigenvalue weighted by atomic mass is 10.1. The predicted octanol–water partition coefficient (Wildman–Crippen LogP) is 1.83. The maximum absolute atomic E-state index is 10.7. The fraction of sp³-hybridized carbons (Fsp3) is 0. The van der Waals surface area contributed by atoms with E-state index in [1.807, 2.05) is 0 Å². The van der Waals surface area contributed by atoms with Gasteiger partial charge in [0.25, 0.3) is 0 Å². The minimum atomic E-state index is -4.61. The number of hydrogen-bond donors (Lipinski definition) is 3. The van der Waals surface area contributed by atoms with Crippen molar-refractivity contribution in [3.8, 4) is 11.5 Å². The maximum atomic E-state index is 10.7. The summed E-state index contributed by atoms with van der Waals surface area (Å²) in [4.78, 5) is 28.0. The molecule has 2 aromatic rings. The van der Waals surface area contributed by atoms with Crippen LogP contribution >= 0.6 is 7.82 Å². The monoisotopic (exact) mass is 268 g/mol. The van der Waals surface area contributed by atoms with Crippen LogP contribution in [0.3, 0.4) is 0 Å². The highest BCUT2D eigenvalue weighted by Crippen LogP contribution is 2.39. The third-order valence-corrected chi connectivity index (χ3v) is 2.79. The summed E-state index contributed by atoms with van der Waals surface area (Å²) < 4.78 is 15.1. The van der Waals surface area contributed by atoms with E-state index in [4.69, 9.17) is 9.79 Å². The molecule has 0 aromatic heterocycles. The Bertz CT molecular complexity index is 660. The summed E-state index contributed by atoms with van der Waals surface area (Å²) in [6.45, 7) is 0. The summed E-state index contributed by atoms with van der Waals surface area (Å²) in [7, 11) is -4.61. The molecule has 0 bridgehead atoms. The number of phenols is 1. The van der Waals surface area contributed by atoms with Crippen LogP contribution in [0.25, 0.3) is 10.8 Å². The molecule has 3 N–H and O–H groups in total. The van der Waals surface area contributed by atoms with Gasteiger partial charge in [0.2, 0.25) is 0 Å². The van der Waals surface area contributed by atoms with Crippen LogP contribution in [0.15, 0.2) is 30.3 Å². The molecule has 0 aliphatic heterocycles. The van der Waals surface area contributed by atoms with Crippen molar-refractivity contribution in [2.45, 2.75) is 0 Å². The molecule has 0 heterocycles. The van der Waals surface area contributed by atoms with Gasteiger partial charge in [-0.2, -0.15) is 0 Å². The Kier molecular flexibility index (Phi) is 3.09. The summed E-state index contributed by atoms with van der Waals surface area (Å²) in [6.07, 6.45) is 0.523. The zero-order chi connectivity index (χ0) is 13.3. The van der Waals surface area contributed by atoms with Crippen molar-refractivity contribution in [2.75, 3.05) is 0 Å². The predicted molar refractivity (Wildman–Crippen MR) is 63.7 cm³/mol. The number of phenolic OH excluding ortho intramolecular Hbond substituents is 1. The first kappa shape index (κ1) is 12.6. The largest absolute Gasteiger partial charge is 0.524 e. The van der Waals surface area contributed by atoms with Crippen LogP contribution in [0.5, 0.6) is 11.5 Å². The van der Waals surface area contributed by atoms with Crippen LogP contribution in [0.4, 0.5) is 0 Å². The van der Waals surface area contributed by atoms with Crippen LogP contribution < -0.4 is 4.52 Å². The number of rotatable bonds is 3.